The van der Waals surface area contributed by atoms with Crippen LogP contribution in [-0.2, 0) is 16.0 Å². The zero-order chi connectivity index (χ0) is 22.1. The molecule has 1 heterocycles. The number of allylic oxidation sites excluding steroid dienone is 2. The second-order valence-corrected chi connectivity index (χ2v) is 7.84. The number of methoxy groups -OCH3 is 1. The third-order valence-corrected chi connectivity index (χ3v) is 4.98. The van der Waals surface area contributed by atoms with Crippen LogP contribution in [-0.4, -0.2) is 34.5 Å². The van der Waals surface area contributed by atoms with Crippen LogP contribution in [0.3, 0.4) is 0 Å². The third-order valence-electron chi connectivity index (χ3n) is 4.64. The van der Waals surface area contributed by atoms with E-state index in [4.69, 9.17) is 43.5 Å². The van der Waals surface area contributed by atoms with Crippen molar-refractivity contribution in [1.82, 2.24) is 0 Å². The fourth-order valence-corrected chi connectivity index (χ4v) is 3.47. The molecule has 3 N–H and O–H groups in total. The minimum absolute atomic E-state index is 0.0379. The number of ether oxygens (including phenoxy) is 2. The minimum Gasteiger partial charge on any atom is -0.496 e. The van der Waals surface area contributed by atoms with Crippen LogP contribution >= 0.6 is 23.2 Å². The summed E-state index contributed by atoms with van der Waals surface area (Å²) in [5.74, 6) is -2.98. The summed E-state index contributed by atoms with van der Waals surface area (Å²) in [6.07, 6.45) is 0.740. The van der Waals surface area contributed by atoms with Crippen LogP contribution < -0.4 is 10.5 Å². The molecule has 0 aliphatic carbocycles. The molecular weight excluding hydrogens is 428 g/mol. The Hall–Kier alpha value is -2.16. The zero-order valence-electron chi connectivity index (χ0n) is 16.0. The smallest absolute Gasteiger partial charge is 0.341 e. The minimum atomic E-state index is -3.29. The SMILES string of the molecule is COc1c(C)c2c(c(C(=O)C(F)(Cl)Cl)c1CC=C(C)CCC(=O)O)C(=O)OC2N. The molecule has 1 unspecified atom stereocenters. The van der Waals surface area contributed by atoms with Crippen LogP contribution in [0.4, 0.5) is 4.39 Å². The van der Waals surface area contributed by atoms with Crippen molar-refractivity contribution in [2.45, 2.75) is 43.9 Å². The van der Waals surface area contributed by atoms with Crippen LogP contribution in [0, 0.1) is 6.92 Å². The average molecular weight is 448 g/mol. The molecule has 158 valence electrons. The topological polar surface area (TPSA) is 116 Å². The Morgan fingerprint density at radius 2 is 2.00 bits per heavy atom. The Morgan fingerprint density at radius 1 is 1.38 bits per heavy atom. The number of Topliss-reactive ketones (excluding diaryl/α,β-unsaturated/α-hetero) is 1. The highest BCUT2D eigenvalue weighted by Gasteiger charge is 2.44. The normalized spacial score (nSPS) is 16.4. The molecule has 0 radical (unpaired) electrons. The molecule has 2 rings (SSSR count). The molecule has 7 nitrogen and oxygen atoms in total. The van der Waals surface area contributed by atoms with Gasteiger partial charge in [0.1, 0.15) is 5.75 Å². The van der Waals surface area contributed by atoms with Gasteiger partial charge in [-0.05, 0) is 26.7 Å². The predicted octanol–water partition coefficient (Wildman–Crippen LogP) is 3.77. The summed E-state index contributed by atoms with van der Waals surface area (Å²) in [6, 6.07) is 0. The molecule has 0 bridgehead atoms. The number of carboxylic acid groups (broad SMARTS) is 1. The van der Waals surface area contributed by atoms with Crippen LogP contribution in [0.5, 0.6) is 5.75 Å². The van der Waals surface area contributed by atoms with E-state index in [-0.39, 0.29) is 47.3 Å². The summed E-state index contributed by atoms with van der Waals surface area (Å²) in [5, 5.41) is 8.81. The highest BCUT2D eigenvalue weighted by molar-refractivity contribution is 6.58. The van der Waals surface area contributed by atoms with E-state index in [2.05, 4.69) is 0 Å². The summed E-state index contributed by atoms with van der Waals surface area (Å²) in [7, 11) is 1.35. The van der Waals surface area contributed by atoms with Crippen molar-refractivity contribution in [3.63, 3.8) is 0 Å². The first-order valence-electron chi connectivity index (χ1n) is 8.58. The number of rotatable bonds is 8. The molecule has 1 aliphatic rings. The summed E-state index contributed by atoms with van der Waals surface area (Å²) >= 11 is 10.8. The number of cyclic esters (lactones) is 1. The van der Waals surface area contributed by atoms with E-state index in [1.165, 1.54) is 7.11 Å². The highest BCUT2D eigenvalue weighted by atomic mass is 35.5. The van der Waals surface area contributed by atoms with Crippen molar-refractivity contribution in [3.8, 4) is 5.75 Å². The first-order valence-corrected chi connectivity index (χ1v) is 9.34. The quantitative estimate of drug-likeness (QED) is 0.269. The van der Waals surface area contributed by atoms with Crippen LogP contribution in [0.25, 0.3) is 0 Å². The number of aliphatic carboxylic acids is 1. The maximum Gasteiger partial charge on any atom is 0.341 e. The number of halogens is 3. The van der Waals surface area contributed by atoms with E-state index in [0.717, 1.165) is 0 Å². The van der Waals surface area contributed by atoms with Crippen molar-refractivity contribution in [2.75, 3.05) is 7.11 Å². The Morgan fingerprint density at radius 3 is 2.52 bits per heavy atom. The molecule has 0 amide bonds. The van der Waals surface area contributed by atoms with Gasteiger partial charge in [-0.25, -0.2) is 4.79 Å². The lowest BCUT2D eigenvalue weighted by Gasteiger charge is -2.20. The summed E-state index contributed by atoms with van der Waals surface area (Å²) < 4.78 is 21.3. The van der Waals surface area contributed by atoms with Gasteiger partial charge in [0.25, 0.3) is 0 Å². The summed E-state index contributed by atoms with van der Waals surface area (Å²) in [4.78, 5) is 35.8. The first-order chi connectivity index (χ1) is 13.4. The van der Waals surface area contributed by atoms with Gasteiger partial charge in [0, 0.05) is 28.7 Å². The molecule has 0 spiro atoms. The van der Waals surface area contributed by atoms with Gasteiger partial charge >= 0.3 is 16.5 Å². The number of carboxylic acids is 1. The Balaban J connectivity index is 2.71. The largest absolute Gasteiger partial charge is 0.496 e. The number of ketones is 1. The van der Waals surface area contributed by atoms with Crippen molar-refractivity contribution < 1.29 is 33.4 Å². The molecule has 10 heteroatoms. The number of nitrogens with two attached hydrogens (primary N) is 1. The van der Waals surface area contributed by atoms with Crippen molar-refractivity contribution >= 4 is 40.9 Å². The van der Waals surface area contributed by atoms with Crippen LogP contribution in [0.2, 0.25) is 0 Å². The number of esters is 1. The zero-order valence-corrected chi connectivity index (χ0v) is 17.5. The van der Waals surface area contributed by atoms with Gasteiger partial charge < -0.3 is 14.6 Å². The van der Waals surface area contributed by atoms with E-state index in [1.54, 1.807) is 19.9 Å². The van der Waals surface area contributed by atoms with E-state index in [9.17, 15) is 18.8 Å². The number of hydrogen-bond donors (Lipinski definition) is 2. The highest BCUT2D eigenvalue weighted by Crippen LogP contribution is 2.43. The lowest BCUT2D eigenvalue weighted by molar-refractivity contribution is -0.136. The number of hydrogen-bond acceptors (Lipinski definition) is 6. The first kappa shape index (κ1) is 23.1. The number of fused-ring (bicyclic) bond motifs is 1. The Labute approximate surface area is 176 Å². The van der Waals surface area contributed by atoms with Gasteiger partial charge in [0.2, 0.25) is 5.78 Å². The summed E-state index contributed by atoms with van der Waals surface area (Å²) in [5.41, 5.74) is 6.83. The lowest BCUT2D eigenvalue weighted by Crippen LogP contribution is -2.25. The van der Waals surface area contributed by atoms with Gasteiger partial charge in [-0.3, -0.25) is 15.3 Å². The van der Waals surface area contributed by atoms with E-state index >= 15 is 0 Å². The van der Waals surface area contributed by atoms with Gasteiger partial charge in [-0.15, -0.1) is 0 Å². The molecule has 0 saturated heterocycles. The second-order valence-electron chi connectivity index (χ2n) is 6.60. The van der Waals surface area contributed by atoms with E-state index < -0.39 is 28.5 Å². The number of benzene rings is 1. The molecule has 1 atom stereocenters. The molecule has 1 aromatic rings. The monoisotopic (exact) mass is 447 g/mol. The molecule has 0 fully saturated rings. The van der Waals surface area contributed by atoms with Gasteiger partial charge in [-0.2, -0.15) is 4.39 Å². The van der Waals surface area contributed by atoms with Crippen molar-refractivity contribution in [1.29, 1.82) is 0 Å². The fourth-order valence-electron chi connectivity index (χ4n) is 3.28. The van der Waals surface area contributed by atoms with Crippen LogP contribution in [0.15, 0.2) is 11.6 Å². The maximum absolute atomic E-state index is 14.2. The standard InChI is InChI=1S/C19H20Cl2FNO6/c1-8(5-7-11(24)25)4-6-10-13(16(26)19(20,21)22)14-12(9(2)15(10)28-3)17(23)29-18(14)27/h4,17H,5-7,23H2,1-3H3,(H,24,25). The predicted molar refractivity (Wildman–Crippen MR) is 104 cm³/mol. The molecular formula is C19H20Cl2FNO6. The average Bonchev–Trinajstić information content (AvgIpc) is 2.91. The third kappa shape index (κ3) is 4.71. The van der Waals surface area contributed by atoms with Gasteiger partial charge in [0.15, 0.2) is 6.23 Å². The van der Waals surface area contributed by atoms with Gasteiger partial charge in [-0.1, -0.05) is 34.9 Å². The number of carbonyl (C=O) groups is 3. The number of alkyl halides is 3. The fraction of sp³-hybridized carbons (Fsp3) is 0.421. The number of carbonyl (C=O) groups excluding carboxylic acids is 2. The summed E-state index contributed by atoms with van der Waals surface area (Å²) in [6.45, 7) is 3.34. The van der Waals surface area contributed by atoms with Crippen LogP contribution in [0.1, 0.15) is 63.4 Å². The van der Waals surface area contributed by atoms with E-state index in [0.29, 0.717) is 11.1 Å². The van der Waals surface area contributed by atoms with Gasteiger partial charge in [0.05, 0.1) is 12.7 Å². The molecule has 0 saturated carbocycles. The Kier molecular flexibility index (Phi) is 6.93. The molecule has 29 heavy (non-hydrogen) atoms. The van der Waals surface area contributed by atoms with Crippen molar-refractivity contribution in [3.05, 3.63) is 39.5 Å². The molecule has 1 aromatic carbocycles. The second kappa shape index (κ2) is 8.69. The maximum atomic E-state index is 14.2. The van der Waals surface area contributed by atoms with Crippen molar-refractivity contribution in [2.24, 2.45) is 5.73 Å². The van der Waals surface area contributed by atoms with E-state index in [1.807, 2.05) is 0 Å². The Bertz CT molecular complexity index is 907. The molecule has 0 aromatic heterocycles. The lowest BCUT2D eigenvalue weighted by atomic mass is 9.87. The molecule has 1 aliphatic heterocycles.